The second-order valence-corrected chi connectivity index (χ2v) is 4.49. The molecule has 0 atom stereocenters. The summed E-state index contributed by atoms with van der Waals surface area (Å²) >= 11 is 0. The normalized spacial score (nSPS) is 10.4. The summed E-state index contributed by atoms with van der Waals surface area (Å²) in [5.41, 5.74) is 1.94. The third-order valence-corrected chi connectivity index (χ3v) is 2.91. The zero-order valence-electron chi connectivity index (χ0n) is 12.2. The van der Waals surface area contributed by atoms with Crippen LogP contribution < -0.4 is 5.32 Å². The Morgan fingerprint density at radius 1 is 1.23 bits per heavy atom. The lowest BCUT2D eigenvalue weighted by molar-refractivity contribution is -0.116. The Morgan fingerprint density at radius 2 is 2.00 bits per heavy atom. The van der Waals surface area contributed by atoms with Gasteiger partial charge in [0, 0.05) is 12.3 Å². The Labute approximate surface area is 128 Å². The van der Waals surface area contributed by atoms with E-state index in [4.69, 9.17) is 0 Å². The summed E-state index contributed by atoms with van der Waals surface area (Å²) in [4.78, 5) is 27.3. The molecule has 22 heavy (non-hydrogen) atoms. The first kappa shape index (κ1) is 15.4. The van der Waals surface area contributed by atoms with Gasteiger partial charge >= 0.3 is 5.97 Å². The SMILES string of the molecule is COC(=O)c1ccnc(CNC(=O)/C=C/c2ccccc2)c1. The lowest BCUT2D eigenvalue weighted by atomic mass is 10.2. The van der Waals surface area contributed by atoms with Crippen LogP contribution in [0.1, 0.15) is 21.6 Å². The average Bonchev–Trinajstić information content (AvgIpc) is 2.58. The standard InChI is InChI=1S/C17H16N2O3/c1-22-17(21)14-9-10-18-15(11-14)12-19-16(20)8-7-13-5-3-2-4-6-13/h2-11H,12H2,1H3,(H,19,20)/b8-7+. The first-order valence-corrected chi connectivity index (χ1v) is 6.73. The number of nitrogens with one attached hydrogen (secondary N) is 1. The van der Waals surface area contributed by atoms with E-state index < -0.39 is 5.97 Å². The number of amides is 1. The Hall–Kier alpha value is -2.95. The Bertz CT molecular complexity index is 681. The van der Waals surface area contributed by atoms with Crippen LogP contribution in [0, 0.1) is 0 Å². The van der Waals surface area contributed by atoms with Crippen molar-refractivity contribution in [2.45, 2.75) is 6.54 Å². The smallest absolute Gasteiger partial charge is 0.337 e. The minimum atomic E-state index is -0.432. The number of ether oxygens (including phenoxy) is 1. The number of hydrogen-bond acceptors (Lipinski definition) is 4. The Kier molecular flexibility index (Phi) is 5.43. The van der Waals surface area contributed by atoms with Crippen LogP contribution in [0.15, 0.2) is 54.7 Å². The third kappa shape index (κ3) is 4.56. The highest BCUT2D eigenvalue weighted by Gasteiger charge is 2.06. The van der Waals surface area contributed by atoms with Crippen LogP contribution in [0.5, 0.6) is 0 Å². The van der Waals surface area contributed by atoms with Gasteiger partial charge in [0.05, 0.1) is 24.9 Å². The summed E-state index contributed by atoms with van der Waals surface area (Å²) in [7, 11) is 1.32. The second kappa shape index (κ2) is 7.73. The van der Waals surface area contributed by atoms with E-state index in [0.717, 1.165) is 5.56 Å². The summed E-state index contributed by atoms with van der Waals surface area (Å²) < 4.78 is 4.64. The molecule has 0 aliphatic rings. The third-order valence-electron chi connectivity index (χ3n) is 2.91. The lowest BCUT2D eigenvalue weighted by Gasteiger charge is -2.04. The van der Waals surface area contributed by atoms with Crippen molar-refractivity contribution in [3.05, 3.63) is 71.6 Å². The van der Waals surface area contributed by atoms with Gasteiger partial charge in [-0.1, -0.05) is 30.3 Å². The van der Waals surface area contributed by atoms with Crippen molar-refractivity contribution >= 4 is 18.0 Å². The number of pyridine rings is 1. The van der Waals surface area contributed by atoms with Gasteiger partial charge in [-0.15, -0.1) is 0 Å². The van der Waals surface area contributed by atoms with Crippen LogP contribution in [0.4, 0.5) is 0 Å². The summed E-state index contributed by atoms with van der Waals surface area (Å²) in [5, 5.41) is 2.71. The van der Waals surface area contributed by atoms with Gasteiger partial charge in [0.1, 0.15) is 0 Å². The molecule has 1 aromatic carbocycles. The first-order chi connectivity index (χ1) is 10.7. The molecule has 5 nitrogen and oxygen atoms in total. The summed E-state index contributed by atoms with van der Waals surface area (Å²) in [6.45, 7) is 0.239. The van der Waals surface area contributed by atoms with Gasteiger partial charge < -0.3 is 10.1 Å². The number of rotatable bonds is 5. The van der Waals surface area contributed by atoms with E-state index in [1.807, 2.05) is 30.3 Å². The van der Waals surface area contributed by atoms with Crippen LogP contribution in [0.25, 0.3) is 6.08 Å². The Balaban J connectivity index is 1.91. The fraction of sp³-hybridized carbons (Fsp3) is 0.118. The van der Waals surface area contributed by atoms with Crippen molar-refractivity contribution in [2.24, 2.45) is 0 Å². The molecule has 112 valence electrons. The fourth-order valence-electron chi connectivity index (χ4n) is 1.79. The summed E-state index contributed by atoms with van der Waals surface area (Å²) in [6, 6.07) is 12.7. The predicted molar refractivity (Wildman–Crippen MR) is 82.9 cm³/mol. The number of carbonyl (C=O) groups excluding carboxylic acids is 2. The molecule has 0 bridgehead atoms. The highest BCUT2D eigenvalue weighted by Crippen LogP contribution is 2.04. The van der Waals surface area contributed by atoms with Gasteiger partial charge in [0.15, 0.2) is 0 Å². The molecule has 1 amide bonds. The minimum Gasteiger partial charge on any atom is -0.465 e. The monoisotopic (exact) mass is 296 g/mol. The highest BCUT2D eigenvalue weighted by molar-refractivity contribution is 5.91. The van der Waals surface area contributed by atoms with Crippen molar-refractivity contribution < 1.29 is 14.3 Å². The molecule has 0 saturated heterocycles. The van der Waals surface area contributed by atoms with Gasteiger partial charge in [-0.2, -0.15) is 0 Å². The van der Waals surface area contributed by atoms with Gasteiger partial charge in [0.25, 0.3) is 0 Å². The van der Waals surface area contributed by atoms with Crippen LogP contribution in [0.2, 0.25) is 0 Å². The molecular weight excluding hydrogens is 280 g/mol. The number of methoxy groups -OCH3 is 1. The van der Waals surface area contributed by atoms with E-state index in [2.05, 4.69) is 15.0 Å². The van der Waals surface area contributed by atoms with Crippen LogP contribution in [0.3, 0.4) is 0 Å². The maximum Gasteiger partial charge on any atom is 0.337 e. The number of esters is 1. The summed E-state index contributed by atoms with van der Waals surface area (Å²) in [6.07, 6.45) is 4.70. The molecule has 1 aromatic heterocycles. The van der Waals surface area contributed by atoms with Crippen molar-refractivity contribution in [2.75, 3.05) is 7.11 Å². The van der Waals surface area contributed by atoms with E-state index >= 15 is 0 Å². The van der Waals surface area contributed by atoms with E-state index in [9.17, 15) is 9.59 Å². The zero-order valence-corrected chi connectivity index (χ0v) is 12.2. The van der Waals surface area contributed by atoms with Crippen LogP contribution in [-0.4, -0.2) is 24.0 Å². The molecule has 2 rings (SSSR count). The molecular formula is C17H16N2O3. The minimum absolute atomic E-state index is 0.228. The van der Waals surface area contributed by atoms with Crippen molar-refractivity contribution in [1.29, 1.82) is 0 Å². The highest BCUT2D eigenvalue weighted by atomic mass is 16.5. The van der Waals surface area contributed by atoms with Crippen LogP contribution in [-0.2, 0) is 16.1 Å². The van der Waals surface area contributed by atoms with Crippen molar-refractivity contribution in [3.8, 4) is 0 Å². The topological polar surface area (TPSA) is 68.3 Å². The number of carbonyl (C=O) groups is 2. The second-order valence-electron chi connectivity index (χ2n) is 4.49. The largest absolute Gasteiger partial charge is 0.465 e. The van der Waals surface area contributed by atoms with E-state index in [0.29, 0.717) is 11.3 Å². The fourth-order valence-corrected chi connectivity index (χ4v) is 1.79. The number of nitrogens with zero attached hydrogens (tertiary/aromatic N) is 1. The van der Waals surface area contributed by atoms with Gasteiger partial charge in [-0.3, -0.25) is 9.78 Å². The Morgan fingerprint density at radius 3 is 2.73 bits per heavy atom. The van der Waals surface area contributed by atoms with Crippen molar-refractivity contribution in [3.63, 3.8) is 0 Å². The number of benzene rings is 1. The number of aromatic nitrogens is 1. The molecule has 1 N–H and O–H groups in total. The van der Waals surface area contributed by atoms with Gasteiger partial charge in [-0.05, 0) is 23.8 Å². The number of hydrogen-bond donors (Lipinski definition) is 1. The molecule has 5 heteroatoms. The van der Waals surface area contributed by atoms with E-state index in [1.165, 1.54) is 19.4 Å². The van der Waals surface area contributed by atoms with Gasteiger partial charge in [0.2, 0.25) is 5.91 Å². The lowest BCUT2D eigenvalue weighted by Crippen LogP contribution is -2.21. The quantitative estimate of drug-likeness (QED) is 0.678. The molecule has 0 unspecified atom stereocenters. The molecule has 2 aromatic rings. The molecule has 0 aliphatic carbocycles. The maximum absolute atomic E-state index is 11.7. The van der Waals surface area contributed by atoms with E-state index in [-0.39, 0.29) is 12.5 Å². The predicted octanol–water partition coefficient (Wildman–Crippen LogP) is 2.20. The molecule has 0 spiro atoms. The van der Waals surface area contributed by atoms with E-state index in [1.54, 1.807) is 18.2 Å². The molecule has 0 radical (unpaired) electrons. The first-order valence-electron chi connectivity index (χ1n) is 6.73. The summed E-state index contributed by atoms with van der Waals surface area (Å²) in [5.74, 6) is -0.659. The zero-order chi connectivity index (χ0) is 15.8. The van der Waals surface area contributed by atoms with Crippen molar-refractivity contribution in [1.82, 2.24) is 10.3 Å². The molecule has 0 aliphatic heterocycles. The van der Waals surface area contributed by atoms with Crippen LogP contribution >= 0.6 is 0 Å². The average molecular weight is 296 g/mol. The molecule has 1 heterocycles. The van der Waals surface area contributed by atoms with Gasteiger partial charge in [-0.25, -0.2) is 4.79 Å². The maximum atomic E-state index is 11.7. The molecule has 0 fully saturated rings. The molecule has 0 saturated carbocycles.